The molecule has 2 N–H and O–H groups in total. The number of pyridine rings is 1. The second-order valence-electron chi connectivity index (χ2n) is 6.66. The molecule has 7 nitrogen and oxygen atoms in total. The minimum absolute atomic E-state index is 0.0750. The van der Waals surface area contributed by atoms with Gasteiger partial charge in [0.15, 0.2) is 0 Å². The molecule has 0 bridgehead atoms. The van der Waals surface area contributed by atoms with E-state index in [9.17, 15) is 31.5 Å². The third kappa shape index (κ3) is 7.72. The van der Waals surface area contributed by atoms with E-state index >= 15 is 0 Å². The molecule has 32 heavy (non-hydrogen) atoms. The quantitative estimate of drug-likeness (QED) is 0.381. The van der Waals surface area contributed by atoms with Gasteiger partial charge in [-0.2, -0.15) is 13.2 Å². The summed E-state index contributed by atoms with van der Waals surface area (Å²) in [5, 5.41) is 9.28. The molecular formula is C20H20ClF3N2O5S. The van der Waals surface area contributed by atoms with Crippen molar-refractivity contribution >= 4 is 33.6 Å². The Kier molecular flexibility index (Phi) is 8.51. The van der Waals surface area contributed by atoms with Gasteiger partial charge < -0.3 is 9.84 Å². The smallest absolute Gasteiger partial charge is 0.417 e. The van der Waals surface area contributed by atoms with Gasteiger partial charge in [-0.15, -0.1) is 0 Å². The summed E-state index contributed by atoms with van der Waals surface area (Å²) in [6.07, 6.45) is 0.000902. The van der Waals surface area contributed by atoms with E-state index < -0.39 is 32.7 Å². The number of aromatic nitrogens is 1. The fraction of sp³-hybridized carbons (Fsp3) is 0.300. The lowest BCUT2D eigenvalue weighted by Gasteiger charge is -2.12. The number of rotatable bonds is 9. The Hall–Kier alpha value is -2.79. The van der Waals surface area contributed by atoms with Gasteiger partial charge in [0.1, 0.15) is 16.5 Å². The van der Waals surface area contributed by atoms with Gasteiger partial charge in [-0.25, -0.2) is 18.1 Å². The van der Waals surface area contributed by atoms with Crippen LogP contribution in [0.15, 0.2) is 36.5 Å². The van der Waals surface area contributed by atoms with Crippen LogP contribution in [0.5, 0.6) is 17.4 Å². The highest BCUT2D eigenvalue weighted by Crippen LogP contribution is 2.36. The lowest BCUT2D eigenvalue weighted by molar-refractivity contribution is -0.137. The molecule has 0 atom stereocenters. The molecule has 1 amide bonds. The number of unbranched alkanes of at least 4 members (excludes halogenated alkanes) is 2. The summed E-state index contributed by atoms with van der Waals surface area (Å²) >= 11 is 5.83. The number of carbonyl (C=O) groups is 1. The molecule has 0 spiro atoms. The van der Waals surface area contributed by atoms with E-state index in [2.05, 4.69) is 4.98 Å². The highest BCUT2D eigenvalue weighted by atomic mass is 35.5. The van der Waals surface area contributed by atoms with Crippen LogP contribution in [-0.2, 0) is 21.0 Å². The molecule has 0 saturated heterocycles. The fourth-order valence-electron chi connectivity index (χ4n) is 2.45. The Bertz CT molecular complexity index is 1100. The molecule has 0 aliphatic rings. The number of aromatic hydroxyl groups is 1. The van der Waals surface area contributed by atoms with Crippen LogP contribution in [0.2, 0.25) is 5.02 Å². The number of amides is 1. The van der Waals surface area contributed by atoms with Crippen LogP contribution in [0.1, 0.15) is 37.3 Å². The van der Waals surface area contributed by atoms with Gasteiger partial charge in [0.25, 0.3) is 5.91 Å². The topological polar surface area (TPSA) is 106 Å². The molecule has 0 fully saturated rings. The van der Waals surface area contributed by atoms with Crippen LogP contribution < -0.4 is 9.46 Å². The standard InChI is InChI=1S/C20H20ClF3N2O5S/c1-2-3-4-9-32(29,30)26-18(28)8-6-13-5-7-15(27)11-17(13)31-19-16(21)10-14(12-25-19)20(22,23)24/h5-8,10-12,27H,2-4,9H2,1H3,(H,26,28). The SMILES string of the molecule is CCCCCS(=O)(=O)NC(=O)C=Cc1ccc(O)cc1Oc1ncc(C(F)(F)F)cc1Cl. The molecule has 174 valence electrons. The van der Waals surface area contributed by atoms with E-state index in [1.165, 1.54) is 18.2 Å². The van der Waals surface area contributed by atoms with Crippen molar-refractivity contribution in [2.75, 3.05) is 5.75 Å². The number of sulfonamides is 1. The Morgan fingerprint density at radius 1 is 1.28 bits per heavy atom. The molecule has 0 aliphatic heterocycles. The van der Waals surface area contributed by atoms with Crippen LogP contribution in [0.25, 0.3) is 6.08 Å². The number of hydrogen-bond acceptors (Lipinski definition) is 6. The van der Waals surface area contributed by atoms with Crippen molar-refractivity contribution < 1.29 is 36.2 Å². The summed E-state index contributed by atoms with van der Waals surface area (Å²) in [6.45, 7) is 1.92. The number of phenolic OH excluding ortho intramolecular Hbond substituents is 1. The number of nitrogens with zero attached hydrogens (tertiary/aromatic N) is 1. The maximum Gasteiger partial charge on any atom is 0.417 e. The summed E-state index contributed by atoms with van der Waals surface area (Å²) in [5.74, 6) is -1.75. The Labute approximate surface area is 187 Å². The van der Waals surface area contributed by atoms with E-state index in [4.69, 9.17) is 16.3 Å². The zero-order chi connectivity index (χ0) is 23.9. The number of carbonyl (C=O) groups excluding carboxylic acids is 1. The summed E-state index contributed by atoms with van der Waals surface area (Å²) in [5.41, 5.74) is -0.859. The molecular weight excluding hydrogens is 473 g/mol. The average Bonchev–Trinajstić information content (AvgIpc) is 2.68. The van der Waals surface area contributed by atoms with Crippen molar-refractivity contribution in [2.24, 2.45) is 0 Å². The van der Waals surface area contributed by atoms with Crippen LogP contribution >= 0.6 is 11.6 Å². The highest BCUT2D eigenvalue weighted by Gasteiger charge is 2.32. The van der Waals surface area contributed by atoms with E-state index in [1.807, 2.05) is 11.6 Å². The van der Waals surface area contributed by atoms with Crippen LogP contribution in [0.4, 0.5) is 13.2 Å². The largest absolute Gasteiger partial charge is 0.508 e. The second-order valence-corrected chi connectivity index (χ2v) is 8.91. The summed E-state index contributed by atoms with van der Waals surface area (Å²) in [6, 6.07) is 4.39. The van der Waals surface area contributed by atoms with Crippen molar-refractivity contribution in [1.82, 2.24) is 9.71 Å². The van der Waals surface area contributed by atoms with Crippen LogP contribution in [-0.4, -0.2) is 30.2 Å². The van der Waals surface area contributed by atoms with E-state index in [-0.39, 0.29) is 28.7 Å². The van der Waals surface area contributed by atoms with Gasteiger partial charge in [0.05, 0.1) is 11.3 Å². The molecule has 0 aliphatic carbocycles. The summed E-state index contributed by atoms with van der Waals surface area (Å²) in [4.78, 5) is 15.5. The van der Waals surface area contributed by atoms with Crippen molar-refractivity contribution in [2.45, 2.75) is 32.4 Å². The Balaban J connectivity index is 2.19. The molecule has 0 unspecified atom stereocenters. The van der Waals surface area contributed by atoms with E-state index in [0.29, 0.717) is 25.1 Å². The number of phenols is 1. The zero-order valence-corrected chi connectivity index (χ0v) is 18.4. The first-order valence-corrected chi connectivity index (χ1v) is 11.4. The number of hydrogen-bond donors (Lipinski definition) is 2. The lowest BCUT2D eigenvalue weighted by atomic mass is 10.1. The third-order valence-corrected chi connectivity index (χ3v) is 5.63. The van der Waals surface area contributed by atoms with Crippen molar-refractivity contribution in [3.8, 4) is 17.4 Å². The Morgan fingerprint density at radius 3 is 2.62 bits per heavy atom. The second kappa shape index (κ2) is 10.7. The molecule has 0 saturated carbocycles. The number of halogens is 4. The summed E-state index contributed by atoms with van der Waals surface area (Å²) < 4.78 is 69.4. The van der Waals surface area contributed by atoms with Crippen molar-refractivity contribution in [3.63, 3.8) is 0 Å². The number of nitrogens with one attached hydrogen (secondary N) is 1. The van der Waals surface area contributed by atoms with Gasteiger partial charge >= 0.3 is 6.18 Å². The zero-order valence-electron chi connectivity index (χ0n) is 16.8. The first kappa shape index (κ1) is 25.5. The average molecular weight is 493 g/mol. The van der Waals surface area contributed by atoms with Crippen LogP contribution in [0, 0.1) is 0 Å². The maximum atomic E-state index is 12.8. The number of benzene rings is 1. The number of alkyl halides is 3. The normalized spacial score (nSPS) is 12.2. The molecule has 0 radical (unpaired) electrons. The van der Waals surface area contributed by atoms with Crippen molar-refractivity contribution in [3.05, 3.63) is 52.7 Å². The lowest BCUT2D eigenvalue weighted by Crippen LogP contribution is -2.31. The van der Waals surface area contributed by atoms with Crippen molar-refractivity contribution in [1.29, 1.82) is 0 Å². The first-order valence-electron chi connectivity index (χ1n) is 9.37. The molecule has 1 heterocycles. The van der Waals surface area contributed by atoms with Crippen LogP contribution in [0.3, 0.4) is 0 Å². The molecule has 1 aromatic heterocycles. The van der Waals surface area contributed by atoms with Gasteiger partial charge in [-0.05, 0) is 30.7 Å². The Morgan fingerprint density at radius 2 is 2.00 bits per heavy atom. The van der Waals surface area contributed by atoms with Gasteiger partial charge in [-0.1, -0.05) is 31.4 Å². The molecule has 2 aromatic rings. The summed E-state index contributed by atoms with van der Waals surface area (Å²) in [7, 11) is -3.79. The van der Waals surface area contributed by atoms with E-state index in [0.717, 1.165) is 18.6 Å². The highest BCUT2D eigenvalue weighted by molar-refractivity contribution is 7.90. The predicted molar refractivity (Wildman–Crippen MR) is 113 cm³/mol. The molecule has 2 rings (SSSR count). The first-order chi connectivity index (χ1) is 14.9. The molecule has 12 heteroatoms. The molecule has 1 aromatic carbocycles. The third-order valence-electron chi connectivity index (χ3n) is 4.03. The van der Waals surface area contributed by atoms with E-state index in [1.54, 1.807) is 0 Å². The minimum atomic E-state index is -4.64. The predicted octanol–water partition coefficient (Wildman–Crippen LogP) is 4.90. The monoisotopic (exact) mass is 492 g/mol. The number of ether oxygens (including phenoxy) is 1. The van der Waals surface area contributed by atoms with Gasteiger partial charge in [-0.3, -0.25) is 4.79 Å². The maximum absolute atomic E-state index is 12.8. The fourth-order valence-corrected chi connectivity index (χ4v) is 3.72. The minimum Gasteiger partial charge on any atom is -0.508 e. The van der Waals surface area contributed by atoms with Gasteiger partial charge in [0, 0.05) is 23.9 Å². The van der Waals surface area contributed by atoms with Gasteiger partial charge in [0.2, 0.25) is 15.9 Å².